The first-order valence-corrected chi connectivity index (χ1v) is 11.3. The lowest BCUT2D eigenvalue weighted by Crippen LogP contribution is -1.98. The second kappa shape index (κ2) is 11.0. The molecule has 0 radical (unpaired) electrons. The first-order chi connectivity index (χ1) is 16.7. The van der Waals surface area contributed by atoms with Crippen molar-refractivity contribution in [2.45, 2.75) is 13.5 Å². The van der Waals surface area contributed by atoms with Gasteiger partial charge in [-0.1, -0.05) is 84.9 Å². The van der Waals surface area contributed by atoms with Crippen LogP contribution in [0.25, 0.3) is 33.2 Å². The Morgan fingerprint density at radius 2 is 1.41 bits per heavy atom. The van der Waals surface area contributed by atoms with Crippen LogP contribution in [-0.2, 0) is 16.1 Å². The van der Waals surface area contributed by atoms with Crippen molar-refractivity contribution in [3.63, 3.8) is 0 Å². The van der Waals surface area contributed by atoms with Gasteiger partial charge in [0.2, 0.25) is 0 Å². The zero-order valence-corrected chi connectivity index (χ0v) is 19.2. The molecule has 1 heterocycles. The van der Waals surface area contributed by atoms with E-state index >= 15 is 0 Å². The van der Waals surface area contributed by atoms with Gasteiger partial charge in [-0.05, 0) is 47.4 Å². The standard InChI is InChI=1S/C27H22N2.C3H6O2/c28-24-15-16-27-25(17-24)26(23-9-5-2-6-10-23)19-29(27)18-20-11-13-22(14-12-20)21-7-3-1-4-8-21;1-2-5-3-4/h1-17,19H,18,28H2;3H,2H2,1H3. The van der Waals surface area contributed by atoms with E-state index in [9.17, 15) is 4.79 Å². The van der Waals surface area contributed by atoms with Crippen molar-refractivity contribution in [1.29, 1.82) is 0 Å². The molecule has 4 aromatic carbocycles. The average Bonchev–Trinajstić information content (AvgIpc) is 3.23. The number of hydrogen-bond donors (Lipinski definition) is 1. The number of fused-ring (bicyclic) bond motifs is 1. The van der Waals surface area contributed by atoms with E-state index < -0.39 is 0 Å². The molecular weight excluding hydrogens is 420 g/mol. The quantitative estimate of drug-likeness (QED) is 0.230. The van der Waals surface area contributed by atoms with E-state index in [1.807, 2.05) is 18.2 Å². The van der Waals surface area contributed by atoms with Gasteiger partial charge < -0.3 is 15.0 Å². The Balaban J connectivity index is 0.000000499. The van der Waals surface area contributed by atoms with E-state index in [0.29, 0.717) is 13.1 Å². The fourth-order valence-electron chi connectivity index (χ4n) is 3.99. The van der Waals surface area contributed by atoms with E-state index in [1.54, 1.807) is 6.92 Å². The normalized spacial score (nSPS) is 10.4. The molecule has 5 aromatic rings. The largest absolute Gasteiger partial charge is 0.468 e. The molecule has 0 spiro atoms. The Labute approximate surface area is 200 Å². The molecule has 4 nitrogen and oxygen atoms in total. The van der Waals surface area contributed by atoms with Crippen molar-refractivity contribution in [1.82, 2.24) is 4.57 Å². The minimum Gasteiger partial charge on any atom is -0.468 e. The predicted octanol–water partition coefficient (Wildman–Crippen LogP) is 6.79. The van der Waals surface area contributed by atoms with Gasteiger partial charge in [-0.2, -0.15) is 0 Å². The Morgan fingerprint density at radius 3 is 2.00 bits per heavy atom. The van der Waals surface area contributed by atoms with Gasteiger partial charge in [0.25, 0.3) is 6.47 Å². The van der Waals surface area contributed by atoms with Crippen molar-refractivity contribution in [3.8, 4) is 22.3 Å². The lowest BCUT2D eigenvalue weighted by Gasteiger charge is -2.08. The van der Waals surface area contributed by atoms with Crippen molar-refractivity contribution in [2.75, 3.05) is 12.3 Å². The average molecular weight is 449 g/mol. The predicted molar refractivity (Wildman–Crippen MR) is 140 cm³/mol. The maximum atomic E-state index is 9.18. The molecule has 2 N–H and O–H groups in total. The highest BCUT2D eigenvalue weighted by atomic mass is 16.5. The second-order valence-corrected chi connectivity index (χ2v) is 7.93. The number of anilines is 1. The van der Waals surface area contributed by atoms with E-state index in [2.05, 4.69) is 100 Å². The highest BCUT2D eigenvalue weighted by Gasteiger charge is 2.11. The highest BCUT2D eigenvalue weighted by Crippen LogP contribution is 2.32. The Morgan fingerprint density at radius 1 is 0.794 bits per heavy atom. The van der Waals surface area contributed by atoms with Crippen molar-refractivity contribution in [2.24, 2.45) is 0 Å². The number of nitrogen functional groups attached to an aromatic ring is 1. The van der Waals surface area contributed by atoms with Crippen molar-refractivity contribution < 1.29 is 9.53 Å². The summed E-state index contributed by atoms with van der Waals surface area (Å²) in [7, 11) is 0. The molecule has 0 unspecified atom stereocenters. The summed E-state index contributed by atoms with van der Waals surface area (Å²) in [4.78, 5) is 9.18. The van der Waals surface area contributed by atoms with Gasteiger partial charge in [0.15, 0.2) is 0 Å². The number of benzene rings is 4. The molecule has 170 valence electrons. The van der Waals surface area contributed by atoms with Crippen LogP contribution in [0.1, 0.15) is 12.5 Å². The molecule has 0 fully saturated rings. The summed E-state index contributed by atoms with van der Waals surface area (Å²) in [5.74, 6) is 0. The number of carbonyl (C=O) groups excluding carboxylic acids is 1. The molecule has 0 aliphatic carbocycles. The fourth-order valence-corrected chi connectivity index (χ4v) is 3.99. The molecule has 0 aliphatic rings. The van der Waals surface area contributed by atoms with Gasteiger partial charge in [0, 0.05) is 34.9 Å². The van der Waals surface area contributed by atoms with Crippen molar-refractivity contribution in [3.05, 3.63) is 115 Å². The monoisotopic (exact) mass is 448 g/mol. The minimum absolute atomic E-state index is 0.431. The van der Waals surface area contributed by atoms with Gasteiger partial charge in [0.05, 0.1) is 6.61 Å². The molecule has 1 aromatic heterocycles. The first kappa shape index (κ1) is 22.9. The third-order valence-electron chi connectivity index (χ3n) is 5.64. The number of nitrogens with zero attached hydrogens (tertiary/aromatic N) is 1. The van der Waals surface area contributed by atoms with E-state index in [1.165, 1.54) is 38.7 Å². The zero-order chi connectivity index (χ0) is 23.8. The van der Waals surface area contributed by atoms with Crippen LogP contribution in [0.15, 0.2) is 109 Å². The van der Waals surface area contributed by atoms with E-state index in [-0.39, 0.29) is 0 Å². The smallest absolute Gasteiger partial charge is 0.293 e. The minimum atomic E-state index is 0.431. The molecule has 5 rings (SSSR count). The highest BCUT2D eigenvalue weighted by molar-refractivity contribution is 5.97. The SMILES string of the molecule is CCOC=O.Nc1ccc2c(c1)c(-c1ccccc1)cn2Cc1ccc(-c2ccccc2)cc1. The van der Waals surface area contributed by atoms with Gasteiger partial charge in [-0.15, -0.1) is 0 Å². The number of aromatic nitrogens is 1. The summed E-state index contributed by atoms with van der Waals surface area (Å²) >= 11 is 0. The number of hydrogen-bond acceptors (Lipinski definition) is 3. The van der Waals surface area contributed by atoms with Crippen LogP contribution in [0.2, 0.25) is 0 Å². The Kier molecular flexibility index (Phi) is 7.41. The van der Waals surface area contributed by atoms with Crippen LogP contribution >= 0.6 is 0 Å². The third-order valence-corrected chi connectivity index (χ3v) is 5.64. The Bertz CT molecular complexity index is 1340. The van der Waals surface area contributed by atoms with Gasteiger partial charge in [-0.25, -0.2) is 0 Å². The maximum Gasteiger partial charge on any atom is 0.293 e. The molecule has 0 saturated heterocycles. The van der Waals surface area contributed by atoms with Crippen LogP contribution in [0.4, 0.5) is 5.69 Å². The molecule has 4 heteroatoms. The molecule has 0 atom stereocenters. The Hall–Kier alpha value is -4.31. The van der Waals surface area contributed by atoms with Gasteiger partial charge in [-0.3, -0.25) is 4.79 Å². The topological polar surface area (TPSA) is 57.2 Å². The summed E-state index contributed by atoms with van der Waals surface area (Å²) in [6, 6.07) is 36.0. The first-order valence-electron chi connectivity index (χ1n) is 11.3. The van der Waals surface area contributed by atoms with Crippen molar-refractivity contribution >= 4 is 23.1 Å². The fraction of sp³-hybridized carbons (Fsp3) is 0.100. The molecule has 0 bridgehead atoms. The molecular formula is C30H28N2O2. The molecule has 0 amide bonds. The van der Waals surface area contributed by atoms with Crippen LogP contribution in [0, 0.1) is 0 Å². The summed E-state index contributed by atoms with van der Waals surface area (Å²) in [5, 5.41) is 1.19. The molecule has 0 saturated carbocycles. The van der Waals surface area contributed by atoms with E-state index in [0.717, 1.165) is 12.2 Å². The lowest BCUT2D eigenvalue weighted by atomic mass is 10.0. The summed E-state index contributed by atoms with van der Waals surface area (Å²) in [5.41, 5.74) is 14.3. The zero-order valence-electron chi connectivity index (χ0n) is 19.2. The maximum absolute atomic E-state index is 9.18. The van der Waals surface area contributed by atoms with Gasteiger partial charge >= 0.3 is 0 Å². The molecule has 0 aliphatic heterocycles. The third kappa shape index (κ3) is 5.36. The molecule has 34 heavy (non-hydrogen) atoms. The number of nitrogens with two attached hydrogens (primary N) is 1. The number of rotatable bonds is 6. The summed E-state index contributed by atoms with van der Waals surface area (Å²) in [6.45, 7) is 3.49. The van der Waals surface area contributed by atoms with Crippen LogP contribution in [0.5, 0.6) is 0 Å². The summed E-state index contributed by atoms with van der Waals surface area (Å²) in [6.07, 6.45) is 2.24. The van der Waals surface area contributed by atoms with Crippen LogP contribution in [0.3, 0.4) is 0 Å². The summed E-state index contributed by atoms with van der Waals surface area (Å²) < 4.78 is 6.47. The number of carbonyl (C=O) groups is 1. The second-order valence-electron chi connectivity index (χ2n) is 7.93. The van der Waals surface area contributed by atoms with Crippen LogP contribution in [-0.4, -0.2) is 17.6 Å². The lowest BCUT2D eigenvalue weighted by molar-refractivity contribution is -0.128. The number of ether oxygens (including phenoxy) is 1. The van der Waals surface area contributed by atoms with Gasteiger partial charge in [0.1, 0.15) is 0 Å². The van der Waals surface area contributed by atoms with Crippen LogP contribution < -0.4 is 5.73 Å². The van der Waals surface area contributed by atoms with E-state index in [4.69, 9.17) is 5.73 Å².